The molecule has 1 aromatic rings. The molecule has 6 nitrogen and oxygen atoms in total. The number of hydrogen-bond donors (Lipinski definition) is 3. The summed E-state index contributed by atoms with van der Waals surface area (Å²) in [5.41, 5.74) is 5.75. The summed E-state index contributed by atoms with van der Waals surface area (Å²) in [7, 11) is 0. The first-order valence-corrected chi connectivity index (χ1v) is 9.33. The number of urea groups is 1. The van der Waals surface area contributed by atoms with Crippen LogP contribution < -0.4 is 16.4 Å². The van der Waals surface area contributed by atoms with Gasteiger partial charge < -0.3 is 11.1 Å². The van der Waals surface area contributed by atoms with E-state index in [1.54, 1.807) is 0 Å². The summed E-state index contributed by atoms with van der Waals surface area (Å²) in [4.78, 5) is 23.4. The van der Waals surface area contributed by atoms with Gasteiger partial charge in [0.25, 0.3) is 5.91 Å². The molecule has 124 valence electrons. The van der Waals surface area contributed by atoms with Gasteiger partial charge >= 0.3 is 6.03 Å². The number of amides is 3. The van der Waals surface area contributed by atoms with Crippen molar-refractivity contribution in [3.8, 4) is 0 Å². The Labute approximate surface area is 139 Å². The summed E-state index contributed by atoms with van der Waals surface area (Å²) in [5.74, 6) is 0.329. The second-order valence-electron chi connectivity index (χ2n) is 4.85. The minimum atomic E-state index is -0.560. The molecule has 1 aromatic heterocycles. The van der Waals surface area contributed by atoms with Gasteiger partial charge in [0.15, 0.2) is 0 Å². The molecule has 1 rings (SSSR count). The molecular weight excluding hydrogens is 320 g/mol. The van der Waals surface area contributed by atoms with Gasteiger partial charge in [-0.15, -0.1) is 11.8 Å². The normalized spacial score (nSPS) is 10.5. The zero-order valence-corrected chi connectivity index (χ0v) is 14.7. The van der Waals surface area contributed by atoms with Gasteiger partial charge in [-0.1, -0.05) is 33.1 Å². The smallest absolute Gasteiger partial charge is 0.319 e. The molecule has 0 saturated heterocycles. The molecule has 0 fully saturated rings. The van der Waals surface area contributed by atoms with Crippen LogP contribution in [0.2, 0.25) is 0 Å². The zero-order chi connectivity index (χ0) is 16.4. The van der Waals surface area contributed by atoms with Crippen LogP contribution >= 0.6 is 23.3 Å². The molecule has 0 aliphatic rings. The quantitative estimate of drug-likeness (QED) is 0.447. The highest BCUT2D eigenvalue weighted by molar-refractivity contribution is 7.99. The first kappa shape index (κ1) is 18.8. The third kappa shape index (κ3) is 6.23. The highest BCUT2D eigenvalue weighted by atomic mass is 32.2. The van der Waals surface area contributed by atoms with Gasteiger partial charge in [0.1, 0.15) is 15.6 Å². The standard InChI is InChI=1S/C14H24N4O2S2/c1-3-5-7-9-21-13-10(11(15)19)12(22-18-13)17-14(20)16-8-6-4-2/h3-9H2,1-2H3,(H2,15,19)(H2,16,17,20). The predicted molar refractivity (Wildman–Crippen MR) is 92.8 cm³/mol. The summed E-state index contributed by atoms with van der Waals surface area (Å²) in [5, 5.41) is 6.43. The van der Waals surface area contributed by atoms with Crippen LogP contribution in [0.5, 0.6) is 0 Å². The Kier molecular flexibility index (Phi) is 8.91. The van der Waals surface area contributed by atoms with E-state index in [0.717, 1.165) is 49.4 Å². The van der Waals surface area contributed by atoms with Crippen molar-refractivity contribution in [2.75, 3.05) is 17.6 Å². The Morgan fingerprint density at radius 2 is 1.95 bits per heavy atom. The Bertz CT molecular complexity index is 491. The first-order chi connectivity index (χ1) is 10.6. The van der Waals surface area contributed by atoms with Gasteiger partial charge in [0, 0.05) is 6.54 Å². The lowest BCUT2D eigenvalue weighted by atomic mass is 10.3. The fourth-order valence-corrected chi connectivity index (χ4v) is 3.69. The average Bonchev–Trinajstić information content (AvgIpc) is 2.86. The maximum absolute atomic E-state index is 11.8. The molecule has 8 heteroatoms. The predicted octanol–water partition coefficient (Wildman–Crippen LogP) is 3.45. The number of nitrogens with zero attached hydrogens (tertiary/aromatic N) is 1. The molecule has 0 aliphatic heterocycles. The van der Waals surface area contributed by atoms with Gasteiger partial charge in [-0.3, -0.25) is 10.1 Å². The van der Waals surface area contributed by atoms with Crippen molar-refractivity contribution in [1.82, 2.24) is 9.69 Å². The summed E-state index contributed by atoms with van der Waals surface area (Å²) in [6, 6.07) is -0.331. The van der Waals surface area contributed by atoms with Gasteiger partial charge in [0.2, 0.25) is 0 Å². The van der Waals surface area contributed by atoms with E-state index in [-0.39, 0.29) is 6.03 Å². The summed E-state index contributed by atoms with van der Waals surface area (Å²) < 4.78 is 4.25. The molecule has 0 aliphatic carbocycles. The van der Waals surface area contributed by atoms with Crippen molar-refractivity contribution >= 4 is 40.2 Å². The number of aromatic nitrogens is 1. The summed E-state index contributed by atoms with van der Waals surface area (Å²) in [6.07, 6.45) is 5.28. The lowest BCUT2D eigenvalue weighted by molar-refractivity contribution is 0.0998. The Hall–Kier alpha value is -1.28. The monoisotopic (exact) mass is 344 g/mol. The molecule has 0 radical (unpaired) electrons. The second kappa shape index (κ2) is 10.4. The number of anilines is 1. The largest absolute Gasteiger partial charge is 0.365 e. The van der Waals surface area contributed by atoms with E-state index < -0.39 is 5.91 Å². The molecule has 1 heterocycles. The molecular formula is C14H24N4O2S2. The van der Waals surface area contributed by atoms with Crippen LogP contribution in [-0.2, 0) is 0 Å². The van der Waals surface area contributed by atoms with Gasteiger partial charge in [-0.05, 0) is 30.1 Å². The third-order valence-corrected chi connectivity index (χ3v) is 4.88. The highest BCUT2D eigenvalue weighted by Crippen LogP contribution is 2.32. The van der Waals surface area contributed by atoms with Crippen LogP contribution in [0.4, 0.5) is 9.80 Å². The van der Waals surface area contributed by atoms with E-state index in [1.165, 1.54) is 11.8 Å². The van der Waals surface area contributed by atoms with Crippen molar-refractivity contribution < 1.29 is 9.59 Å². The van der Waals surface area contributed by atoms with E-state index >= 15 is 0 Å². The van der Waals surface area contributed by atoms with E-state index in [4.69, 9.17) is 5.73 Å². The van der Waals surface area contributed by atoms with Crippen LogP contribution in [0.3, 0.4) is 0 Å². The van der Waals surface area contributed by atoms with Crippen molar-refractivity contribution in [1.29, 1.82) is 0 Å². The maximum atomic E-state index is 11.8. The van der Waals surface area contributed by atoms with Crippen molar-refractivity contribution in [3.63, 3.8) is 0 Å². The minimum Gasteiger partial charge on any atom is -0.365 e. The Morgan fingerprint density at radius 3 is 2.59 bits per heavy atom. The topological polar surface area (TPSA) is 97.1 Å². The van der Waals surface area contributed by atoms with Gasteiger partial charge in [-0.2, -0.15) is 4.37 Å². The number of unbranched alkanes of at least 4 members (excludes halogenated alkanes) is 3. The molecule has 4 N–H and O–H groups in total. The molecule has 0 unspecified atom stereocenters. The van der Waals surface area contributed by atoms with Crippen molar-refractivity contribution in [2.24, 2.45) is 5.73 Å². The van der Waals surface area contributed by atoms with Crippen molar-refractivity contribution in [2.45, 2.75) is 51.0 Å². The lowest BCUT2D eigenvalue weighted by Crippen LogP contribution is -2.30. The van der Waals surface area contributed by atoms with E-state index in [1.807, 2.05) is 0 Å². The fourth-order valence-electron chi connectivity index (χ4n) is 1.72. The zero-order valence-electron chi connectivity index (χ0n) is 13.1. The Morgan fingerprint density at radius 1 is 1.23 bits per heavy atom. The summed E-state index contributed by atoms with van der Waals surface area (Å²) in [6.45, 7) is 4.79. The molecule has 0 aromatic carbocycles. The fraction of sp³-hybridized carbons (Fsp3) is 0.643. The van der Waals surface area contributed by atoms with Crippen LogP contribution in [0, 0.1) is 0 Å². The van der Waals surface area contributed by atoms with Crippen LogP contribution in [0.1, 0.15) is 56.3 Å². The van der Waals surface area contributed by atoms with E-state index in [9.17, 15) is 9.59 Å². The van der Waals surface area contributed by atoms with E-state index in [2.05, 4.69) is 28.9 Å². The SMILES string of the molecule is CCCCCSc1nsc(NC(=O)NCCCC)c1C(N)=O. The number of rotatable bonds is 10. The third-order valence-electron chi connectivity index (χ3n) is 2.94. The molecule has 0 spiro atoms. The number of hydrogen-bond acceptors (Lipinski definition) is 5. The van der Waals surface area contributed by atoms with Crippen LogP contribution in [0.25, 0.3) is 0 Å². The number of nitrogens with two attached hydrogens (primary N) is 1. The number of nitrogens with one attached hydrogen (secondary N) is 2. The van der Waals surface area contributed by atoms with Crippen LogP contribution in [-0.4, -0.2) is 28.6 Å². The number of carbonyl (C=O) groups is 2. The molecule has 0 bridgehead atoms. The number of primary amides is 1. The van der Waals surface area contributed by atoms with E-state index in [0.29, 0.717) is 22.1 Å². The molecule has 3 amide bonds. The van der Waals surface area contributed by atoms with Gasteiger partial charge in [0.05, 0.1) is 0 Å². The molecule has 0 atom stereocenters. The summed E-state index contributed by atoms with van der Waals surface area (Å²) >= 11 is 2.60. The first-order valence-electron chi connectivity index (χ1n) is 7.57. The number of thioether (sulfide) groups is 1. The average molecular weight is 345 g/mol. The second-order valence-corrected chi connectivity index (χ2v) is 6.70. The van der Waals surface area contributed by atoms with Crippen LogP contribution in [0.15, 0.2) is 5.03 Å². The Balaban J connectivity index is 2.64. The van der Waals surface area contributed by atoms with Crippen molar-refractivity contribution in [3.05, 3.63) is 5.56 Å². The maximum Gasteiger partial charge on any atom is 0.319 e. The van der Waals surface area contributed by atoms with Gasteiger partial charge in [-0.25, -0.2) is 4.79 Å². The minimum absolute atomic E-state index is 0.317. The molecule has 0 saturated carbocycles. The number of carbonyl (C=O) groups excluding carboxylic acids is 2. The lowest BCUT2D eigenvalue weighted by Gasteiger charge is -2.06. The molecule has 22 heavy (non-hydrogen) atoms. The highest BCUT2D eigenvalue weighted by Gasteiger charge is 2.20.